The number of nitrogens with one attached hydrogen (secondary N) is 1. The highest BCUT2D eigenvalue weighted by molar-refractivity contribution is 7.91. The smallest absolute Gasteiger partial charge is 0.236 e. The maximum atomic E-state index is 12.5. The lowest BCUT2D eigenvalue weighted by Gasteiger charge is -2.11. The molecule has 0 aliphatic carbocycles. The zero-order valence-electron chi connectivity index (χ0n) is 12.9. The van der Waals surface area contributed by atoms with Gasteiger partial charge in [-0.3, -0.25) is 4.72 Å². The van der Waals surface area contributed by atoms with Gasteiger partial charge in [-0.25, -0.2) is 8.42 Å². The van der Waals surface area contributed by atoms with Gasteiger partial charge < -0.3 is 5.84 Å². The maximum Gasteiger partial charge on any atom is 0.236 e. The molecule has 0 atom stereocenters. The van der Waals surface area contributed by atoms with Crippen LogP contribution in [0.25, 0.3) is 10.8 Å². The number of nitrogens with two attached hydrogens (primary N) is 1. The lowest BCUT2D eigenvalue weighted by atomic mass is 10.1. The SMILES string of the molecule is NN=Cc1ccc2cccc(NS(=O)(=O)Cc3ccccc3)c2c1. The Balaban J connectivity index is 1.95. The first kappa shape index (κ1) is 16.0. The van der Waals surface area contributed by atoms with Crippen LogP contribution in [0.4, 0.5) is 5.69 Å². The molecule has 0 radical (unpaired) electrons. The predicted molar refractivity (Wildman–Crippen MR) is 98.4 cm³/mol. The Kier molecular flexibility index (Phi) is 4.48. The summed E-state index contributed by atoms with van der Waals surface area (Å²) in [7, 11) is -3.51. The third-order valence-electron chi connectivity index (χ3n) is 3.59. The van der Waals surface area contributed by atoms with Crippen LogP contribution in [0, 0.1) is 0 Å². The van der Waals surface area contributed by atoms with Gasteiger partial charge in [-0.15, -0.1) is 0 Å². The number of anilines is 1. The quantitative estimate of drug-likeness (QED) is 0.425. The topological polar surface area (TPSA) is 84.5 Å². The van der Waals surface area contributed by atoms with Gasteiger partial charge in [0.15, 0.2) is 0 Å². The van der Waals surface area contributed by atoms with E-state index in [0.717, 1.165) is 21.9 Å². The first-order chi connectivity index (χ1) is 11.6. The van der Waals surface area contributed by atoms with Crippen molar-refractivity contribution in [3.8, 4) is 0 Å². The summed E-state index contributed by atoms with van der Waals surface area (Å²) >= 11 is 0. The average Bonchev–Trinajstić information content (AvgIpc) is 2.56. The molecule has 5 nitrogen and oxygen atoms in total. The Bertz CT molecular complexity index is 984. The molecular formula is C18H17N3O2S. The van der Waals surface area contributed by atoms with Gasteiger partial charge in [-0.1, -0.05) is 54.6 Å². The molecule has 0 saturated carbocycles. The zero-order chi connectivity index (χ0) is 17.0. The highest BCUT2D eigenvalue weighted by Gasteiger charge is 2.13. The van der Waals surface area contributed by atoms with Crippen molar-refractivity contribution in [2.75, 3.05) is 4.72 Å². The predicted octanol–water partition coefficient (Wildman–Crippen LogP) is 3.07. The normalized spacial score (nSPS) is 11.8. The standard InChI is InChI=1S/C18H17N3O2S/c19-20-12-15-9-10-16-7-4-8-18(17(16)11-15)21-24(22,23)13-14-5-2-1-3-6-14/h1-12,21H,13,19H2. The largest absolute Gasteiger partial charge is 0.323 e. The van der Waals surface area contributed by atoms with Crippen LogP contribution in [-0.2, 0) is 15.8 Å². The summed E-state index contributed by atoms with van der Waals surface area (Å²) in [4.78, 5) is 0. The van der Waals surface area contributed by atoms with E-state index >= 15 is 0 Å². The van der Waals surface area contributed by atoms with Gasteiger partial charge >= 0.3 is 0 Å². The highest BCUT2D eigenvalue weighted by Crippen LogP contribution is 2.25. The third-order valence-corrected chi connectivity index (χ3v) is 4.84. The van der Waals surface area contributed by atoms with Crippen molar-refractivity contribution in [3.05, 3.63) is 77.9 Å². The number of benzene rings is 3. The molecule has 3 N–H and O–H groups in total. The van der Waals surface area contributed by atoms with Crippen molar-refractivity contribution < 1.29 is 8.42 Å². The molecule has 24 heavy (non-hydrogen) atoms. The Morgan fingerprint density at radius 1 is 1.00 bits per heavy atom. The van der Waals surface area contributed by atoms with Gasteiger partial charge in [-0.2, -0.15) is 5.10 Å². The van der Waals surface area contributed by atoms with Crippen molar-refractivity contribution in [3.63, 3.8) is 0 Å². The fourth-order valence-corrected chi connectivity index (χ4v) is 3.76. The van der Waals surface area contributed by atoms with Gasteiger partial charge in [0.25, 0.3) is 0 Å². The number of hydrogen-bond donors (Lipinski definition) is 2. The van der Waals surface area contributed by atoms with Crippen LogP contribution in [0.3, 0.4) is 0 Å². The Morgan fingerprint density at radius 2 is 1.79 bits per heavy atom. The van der Waals surface area contributed by atoms with E-state index in [1.807, 2.05) is 48.5 Å². The van der Waals surface area contributed by atoms with Gasteiger partial charge in [0.05, 0.1) is 17.7 Å². The molecule has 0 bridgehead atoms. The molecular weight excluding hydrogens is 322 g/mol. The third kappa shape index (κ3) is 3.72. The van der Waals surface area contributed by atoms with Gasteiger partial charge in [0.1, 0.15) is 0 Å². The van der Waals surface area contributed by atoms with Crippen LogP contribution in [0.5, 0.6) is 0 Å². The number of rotatable bonds is 5. The molecule has 0 heterocycles. The number of hydrazone groups is 1. The number of fused-ring (bicyclic) bond motifs is 1. The summed E-state index contributed by atoms with van der Waals surface area (Å²) in [6, 6.07) is 20.2. The second kappa shape index (κ2) is 6.72. The molecule has 6 heteroatoms. The molecule has 0 unspecified atom stereocenters. The molecule has 0 aliphatic heterocycles. The number of nitrogens with zero attached hydrogens (tertiary/aromatic N) is 1. The molecule has 0 fully saturated rings. The van der Waals surface area contributed by atoms with E-state index in [1.54, 1.807) is 18.2 Å². The Hall–Kier alpha value is -2.86. The molecule has 3 aromatic rings. The van der Waals surface area contributed by atoms with Crippen molar-refractivity contribution in [1.82, 2.24) is 0 Å². The van der Waals surface area contributed by atoms with Crippen LogP contribution in [0.15, 0.2) is 71.8 Å². The van der Waals surface area contributed by atoms with Crippen LogP contribution < -0.4 is 10.6 Å². The highest BCUT2D eigenvalue weighted by atomic mass is 32.2. The van der Waals surface area contributed by atoms with Gasteiger partial charge in [0.2, 0.25) is 10.0 Å². The minimum atomic E-state index is -3.51. The van der Waals surface area contributed by atoms with E-state index in [-0.39, 0.29) is 5.75 Å². The second-order valence-electron chi connectivity index (χ2n) is 5.41. The van der Waals surface area contributed by atoms with Crippen molar-refractivity contribution in [1.29, 1.82) is 0 Å². The Labute approximate surface area is 140 Å². The number of sulfonamides is 1. The molecule has 122 valence electrons. The summed E-state index contributed by atoms with van der Waals surface area (Å²) < 4.78 is 27.6. The molecule has 0 spiro atoms. The van der Waals surface area contributed by atoms with E-state index < -0.39 is 10.0 Å². The van der Waals surface area contributed by atoms with E-state index in [0.29, 0.717) is 5.69 Å². The lowest BCUT2D eigenvalue weighted by molar-refractivity contribution is 0.600. The minimum absolute atomic E-state index is 0.0752. The van der Waals surface area contributed by atoms with Crippen LogP contribution >= 0.6 is 0 Å². The summed E-state index contributed by atoms with van der Waals surface area (Å²) in [5.74, 6) is 5.11. The minimum Gasteiger partial charge on any atom is -0.323 e. The van der Waals surface area contributed by atoms with Gasteiger partial charge in [-0.05, 0) is 28.6 Å². The summed E-state index contributed by atoms with van der Waals surface area (Å²) in [6.45, 7) is 0. The van der Waals surface area contributed by atoms with Crippen LogP contribution in [0.2, 0.25) is 0 Å². The summed E-state index contributed by atoms with van der Waals surface area (Å²) in [5.41, 5.74) is 2.08. The molecule has 0 aromatic heterocycles. The lowest BCUT2D eigenvalue weighted by Crippen LogP contribution is -2.15. The molecule has 0 aliphatic rings. The van der Waals surface area contributed by atoms with E-state index in [9.17, 15) is 8.42 Å². The van der Waals surface area contributed by atoms with Crippen molar-refractivity contribution in [2.45, 2.75) is 5.75 Å². The Morgan fingerprint density at radius 3 is 2.54 bits per heavy atom. The van der Waals surface area contributed by atoms with Crippen molar-refractivity contribution in [2.24, 2.45) is 10.9 Å². The fraction of sp³-hybridized carbons (Fsp3) is 0.0556. The molecule has 3 rings (SSSR count). The van der Waals surface area contributed by atoms with Crippen LogP contribution in [-0.4, -0.2) is 14.6 Å². The van der Waals surface area contributed by atoms with Gasteiger partial charge in [0, 0.05) is 5.39 Å². The first-order valence-electron chi connectivity index (χ1n) is 7.38. The summed E-state index contributed by atoms with van der Waals surface area (Å²) in [6.07, 6.45) is 1.52. The van der Waals surface area contributed by atoms with E-state index in [1.165, 1.54) is 6.21 Å². The average molecular weight is 339 g/mol. The van der Waals surface area contributed by atoms with Crippen LogP contribution in [0.1, 0.15) is 11.1 Å². The number of hydrogen-bond acceptors (Lipinski definition) is 4. The molecule has 0 saturated heterocycles. The monoisotopic (exact) mass is 339 g/mol. The second-order valence-corrected chi connectivity index (χ2v) is 7.13. The summed E-state index contributed by atoms with van der Waals surface area (Å²) in [5, 5.41) is 5.24. The maximum absolute atomic E-state index is 12.5. The van der Waals surface area contributed by atoms with E-state index in [2.05, 4.69) is 9.82 Å². The fourth-order valence-electron chi connectivity index (χ4n) is 2.54. The molecule has 3 aromatic carbocycles. The van der Waals surface area contributed by atoms with Crippen molar-refractivity contribution >= 4 is 32.7 Å². The zero-order valence-corrected chi connectivity index (χ0v) is 13.7. The van der Waals surface area contributed by atoms with E-state index in [4.69, 9.17) is 5.84 Å². The molecule has 0 amide bonds. The first-order valence-corrected chi connectivity index (χ1v) is 9.03.